The Bertz CT molecular complexity index is 1030. The topological polar surface area (TPSA) is 89.0 Å². The van der Waals surface area contributed by atoms with Gasteiger partial charge in [0, 0.05) is 47.6 Å². The summed E-state index contributed by atoms with van der Waals surface area (Å²) >= 11 is 0. The molecule has 1 aromatic heterocycles. The molecular formula is C22H26N4O2. The fourth-order valence-electron chi connectivity index (χ4n) is 3.98. The first-order valence-corrected chi connectivity index (χ1v) is 9.55. The average Bonchev–Trinajstić information content (AvgIpc) is 2.96. The highest BCUT2D eigenvalue weighted by Gasteiger charge is 2.32. The molecule has 2 N–H and O–H groups in total. The Morgan fingerprint density at radius 2 is 2.07 bits per heavy atom. The van der Waals surface area contributed by atoms with Gasteiger partial charge in [0.1, 0.15) is 0 Å². The van der Waals surface area contributed by atoms with Crippen molar-refractivity contribution in [2.45, 2.75) is 53.1 Å². The highest BCUT2D eigenvalue weighted by atomic mass is 16.1. The lowest BCUT2D eigenvalue weighted by molar-refractivity contribution is 0.0949. The van der Waals surface area contributed by atoms with Crippen molar-refractivity contribution in [2.24, 2.45) is 0 Å². The second-order valence-corrected chi connectivity index (χ2v) is 7.84. The predicted molar refractivity (Wildman–Crippen MR) is 110 cm³/mol. The molecule has 6 heteroatoms. The minimum absolute atomic E-state index is 0.147. The molecular weight excluding hydrogens is 352 g/mol. The van der Waals surface area contributed by atoms with Gasteiger partial charge in [-0.05, 0) is 57.0 Å². The number of carbonyl (C=O) groups excluding carboxylic acids is 1. The van der Waals surface area contributed by atoms with Crippen LogP contribution in [0.5, 0.6) is 0 Å². The van der Waals surface area contributed by atoms with Crippen LogP contribution >= 0.6 is 0 Å². The second-order valence-electron chi connectivity index (χ2n) is 7.84. The fourth-order valence-corrected chi connectivity index (χ4v) is 3.98. The van der Waals surface area contributed by atoms with E-state index < -0.39 is 0 Å². The van der Waals surface area contributed by atoms with Crippen LogP contribution in [0, 0.1) is 25.2 Å². The summed E-state index contributed by atoms with van der Waals surface area (Å²) in [5.74, 6) is -0.0689. The maximum absolute atomic E-state index is 13.0. The lowest BCUT2D eigenvalue weighted by atomic mass is 9.94. The molecule has 1 unspecified atom stereocenters. The zero-order chi connectivity index (χ0) is 20.6. The van der Waals surface area contributed by atoms with Crippen molar-refractivity contribution in [1.82, 2.24) is 10.3 Å². The third-order valence-electron chi connectivity index (χ3n) is 5.35. The number of nitrogens with one attached hydrogen (secondary N) is 2. The van der Waals surface area contributed by atoms with E-state index in [9.17, 15) is 14.9 Å². The molecule has 6 nitrogen and oxygen atoms in total. The van der Waals surface area contributed by atoms with E-state index in [2.05, 4.69) is 42.0 Å². The molecule has 2 heterocycles. The quantitative estimate of drug-likeness (QED) is 0.855. The number of H-pyrrole nitrogens is 1. The Morgan fingerprint density at radius 3 is 2.68 bits per heavy atom. The second kappa shape index (κ2) is 7.51. The van der Waals surface area contributed by atoms with Crippen LogP contribution in [0.3, 0.4) is 0 Å². The molecule has 0 spiro atoms. The SMILES string of the molecule is Cc1cc(C)c(CNC(=O)c2cc(C#N)cc3c2C(C)CN3C(C)C)c(=O)[nH]1. The minimum Gasteiger partial charge on any atom is -0.368 e. The van der Waals surface area contributed by atoms with E-state index in [4.69, 9.17) is 0 Å². The zero-order valence-corrected chi connectivity index (χ0v) is 17.0. The third kappa shape index (κ3) is 3.53. The molecule has 28 heavy (non-hydrogen) atoms. The maximum Gasteiger partial charge on any atom is 0.253 e. The van der Waals surface area contributed by atoms with E-state index >= 15 is 0 Å². The van der Waals surface area contributed by atoms with Gasteiger partial charge >= 0.3 is 0 Å². The summed E-state index contributed by atoms with van der Waals surface area (Å²) in [6.07, 6.45) is 0. The van der Waals surface area contributed by atoms with E-state index in [0.29, 0.717) is 16.7 Å². The number of nitriles is 1. The largest absolute Gasteiger partial charge is 0.368 e. The molecule has 0 fully saturated rings. The van der Waals surface area contributed by atoms with Crippen LogP contribution in [0.1, 0.15) is 65.0 Å². The first-order valence-electron chi connectivity index (χ1n) is 9.55. The third-order valence-corrected chi connectivity index (χ3v) is 5.35. The van der Waals surface area contributed by atoms with Crippen molar-refractivity contribution in [1.29, 1.82) is 5.26 Å². The molecule has 1 aliphatic heterocycles. The van der Waals surface area contributed by atoms with Crippen molar-refractivity contribution in [3.8, 4) is 6.07 Å². The first kappa shape index (κ1) is 19.7. The molecule has 0 bridgehead atoms. The average molecular weight is 378 g/mol. The van der Waals surface area contributed by atoms with Crippen molar-refractivity contribution < 1.29 is 4.79 Å². The van der Waals surface area contributed by atoms with Gasteiger partial charge in [-0.25, -0.2) is 0 Å². The Morgan fingerprint density at radius 1 is 1.36 bits per heavy atom. The fraction of sp³-hybridized carbons (Fsp3) is 0.409. The molecule has 1 atom stereocenters. The van der Waals surface area contributed by atoms with E-state index in [1.807, 2.05) is 26.0 Å². The molecule has 3 rings (SSSR count). The molecule has 0 aliphatic carbocycles. The van der Waals surface area contributed by atoms with Crippen molar-refractivity contribution in [3.05, 3.63) is 62.1 Å². The number of carbonyl (C=O) groups is 1. The van der Waals surface area contributed by atoms with Gasteiger partial charge in [0.2, 0.25) is 0 Å². The van der Waals surface area contributed by atoms with E-state index in [1.54, 1.807) is 6.07 Å². The number of fused-ring (bicyclic) bond motifs is 1. The Labute approximate surface area is 165 Å². The number of aryl methyl sites for hydroxylation is 2. The summed E-state index contributed by atoms with van der Waals surface area (Å²) in [5, 5.41) is 12.3. The van der Waals surface area contributed by atoms with Crippen LogP contribution in [-0.2, 0) is 6.54 Å². The smallest absolute Gasteiger partial charge is 0.253 e. The maximum atomic E-state index is 13.0. The Hall–Kier alpha value is -3.07. The van der Waals surface area contributed by atoms with Crippen LogP contribution in [-0.4, -0.2) is 23.5 Å². The molecule has 0 radical (unpaired) electrons. The standard InChI is InChI=1S/C22H26N4O2/c1-12(2)26-11-14(4)20-17(7-16(9-23)8-19(20)26)21(27)24-10-18-13(3)6-15(5)25-22(18)28/h6-8,12,14H,10-11H2,1-5H3,(H,24,27)(H,25,28). The number of hydrogen-bond donors (Lipinski definition) is 2. The molecule has 1 aliphatic rings. The van der Waals surface area contributed by atoms with Crippen LogP contribution in [0.2, 0.25) is 0 Å². The van der Waals surface area contributed by atoms with Gasteiger partial charge in [0.25, 0.3) is 11.5 Å². The van der Waals surface area contributed by atoms with E-state index in [1.165, 1.54) is 0 Å². The lowest BCUT2D eigenvalue weighted by Crippen LogP contribution is -2.29. The Balaban J connectivity index is 1.95. The summed E-state index contributed by atoms with van der Waals surface area (Å²) in [6.45, 7) is 11.0. The first-order chi connectivity index (χ1) is 13.2. The van der Waals surface area contributed by atoms with Crippen molar-refractivity contribution in [2.75, 3.05) is 11.4 Å². The van der Waals surface area contributed by atoms with Gasteiger partial charge in [-0.15, -0.1) is 0 Å². The van der Waals surface area contributed by atoms with Gasteiger partial charge in [0.05, 0.1) is 11.6 Å². The number of pyridine rings is 1. The minimum atomic E-state index is -0.259. The number of aromatic nitrogens is 1. The molecule has 1 aromatic carbocycles. The Kier molecular flexibility index (Phi) is 5.28. The number of anilines is 1. The van der Waals surface area contributed by atoms with Gasteiger partial charge < -0.3 is 15.2 Å². The molecule has 0 saturated heterocycles. The summed E-state index contributed by atoms with van der Waals surface area (Å²) in [7, 11) is 0. The molecule has 2 aromatic rings. The number of amides is 1. The van der Waals surface area contributed by atoms with E-state index in [-0.39, 0.29) is 30.0 Å². The number of rotatable bonds is 4. The van der Waals surface area contributed by atoms with Gasteiger partial charge in [-0.3, -0.25) is 9.59 Å². The van der Waals surface area contributed by atoms with Crippen LogP contribution in [0.15, 0.2) is 23.0 Å². The highest BCUT2D eigenvalue weighted by molar-refractivity contribution is 5.98. The lowest BCUT2D eigenvalue weighted by Gasteiger charge is -2.24. The number of hydrogen-bond acceptors (Lipinski definition) is 4. The van der Waals surface area contributed by atoms with Crippen molar-refractivity contribution in [3.63, 3.8) is 0 Å². The zero-order valence-electron chi connectivity index (χ0n) is 17.0. The van der Waals surface area contributed by atoms with Crippen LogP contribution in [0.4, 0.5) is 5.69 Å². The molecule has 1 amide bonds. The summed E-state index contributed by atoms with van der Waals surface area (Å²) in [6, 6.07) is 7.85. The monoisotopic (exact) mass is 378 g/mol. The molecule has 146 valence electrons. The highest BCUT2D eigenvalue weighted by Crippen LogP contribution is 2.40. The van der Waals surface area contributed by atoms with Crippen molar-refractivity contribution >= 4 is 11.6 Å². The summed E-state index contributed by atoms with van der Waals surface area (Å²) < 4.78 is 0. The van der Waals surface area contributed by atoms with Crippen LogP contribution in [0.25, 0.3) is 0 Å². The normalized spacial score (nSPS) is 15.5. The number of nitrogens with zero attached hydrogens (tertiary/aromatic N) is 2. The summed E-state index contributed by atoms with van der Waals surface area (Å²) in [4.78, 5) is 30.2. The van der Waals surface area contributed by atoms with Gasteiger partial charge in [0.15, 0.2) is 0 Å². The number of aromatic amines is 1. The number of benzene rings is 1. The predicted octanol–water partition coefficient (Wildman–Crippen LogP) is 3.13. The molecule has 0 saturated carbocycles. The van der Waals surface area contributed by atoms with Crippen LogP contribution < -0.4 is 15.8 Å². The van der Waals surface area contributed by atoms with E-state index in [0.717, 1.165) is 29.1 Å². The van der Waals surface area contributed by atoms with Gasteiger partial charge in [-0.1, -0.05) is 6.92 Å². The summed E-state index contributed by atoms with van der Waals surface area (Å²) in [5.41, 5.74) is 4.91. The van der Waals surface area contributed by atoms with Gasteiger partial charge in [-0.2, -0.15) is 5.26 Å².